The van der Waals surface area contributed by atoms with Crippen LogP contribution in [0.1, 0.15) is 30.5 Å². The minimum atomic E-state index is -1.17. The van der Waals surface area contributed by atoms with Crippen LogP contribution in [0.2, 0.25) is 0 Å². The number of piperidine rings is 1. The van der Waals surface area contributed by atoms with Crippen molar-refractivity contribution in [1.82, 2.24) is 19.9 Å². The number of carbonyl (C=O) groups is 1. The first-order valence-corrected chi connectivity index (χ1v) is 9.19. The van der Waals surface area contributed by atoms with Gasteiger partial charge in [-0.25, -0.2) is 19.3 Å². The first-order valence-electron chi connectivity index (χ1n) is 8.37. The maximum absolute atomic E-state index is 13.0. The molecule has 3 rings (SSSR count). The lowest BCUT2D eigenvalue weighted by Gasteiger charge is -2.44. The molecule has 1 saturated heterocycles. The van der Waals surface area contributed by atoms with E-state index in [-0.39, 0.29) is 11.8 Å². The number of thiazole rings is 1. The fourth-order valence-electron chi connectivity index (χ4n) is 3.09. The first-order chi connectivity index (χ1) is 12.3. The summed E-state index contributed by atoms with van der Waals surface area (Å²) in [6.45, 7) is 2.87. The van der Waals surface area contributed by atoms with E-state index in [0.29, 0.717) is 28.8 Å². The quantitative estimate of drug-likeness (QED) is 0.808. The SMILES string of the molecule is [B]C([B])(c1cnc(NC(C)=O)s1)N1CCC[C@H](Cc2ncc(F)cn2)C1. The second-order valence-electron chi connectivity index (χ2n) is 6.51. The van der Waals surface area contributed by atoms with Crippen molar-refractivity contribution >= 4 is 38.1 Å². The van der Waals surface area contributed by atoms with E-state index in [1.54, 1.807) is 6.20 Å². The van der Waals surface area contributed by atoms with Gasteiger partial charge in [-0.3, -0.25) is 4.79 Å². The van der Waals surface area contributed by atoms with E-state index >= 15 is 0 Å². The Labute approximate surface area is 158 Å². The highest BCUT2D eigenvalue weighted by atomic mass is 32.1. The second-order valence-corrected chi connectivity index (χ2v) is 7.54. The normalized spacial score (nSPS) is 18.6. The highest BCUT2D eigenvalue weighted by molar-refractivity contribution is 7.16. The van der Waals surface area contributed by atoms with E-state index < -0.39 is 11.2 Å². The maximum Gasteiger partial charge on any atom is 0.223 e. The van der Waals surface area contributed by atoms with Gasteiger partial charge in [-0.05, 0) is 30.6 Å². The van der Waals surface area contributed by atoms with E-state index in [9.17, 15) is 9.18 Å². The molecule has 6 nitrogen and oxygen atoms in total. The predicted octanol–water partition coefficient (Wildman–Crippen LogP) is 1.43. The van der Waals surface area contributed by atoms with Crippen molar-refractivity contribution in [2.75, 3.05) is 18.4 Å². The fraction of sp³-hybridized carbons (Fsp3) is 0.500. The standard InChI is InChI=1S/C16H18B2FN5OS/c1-10(25)23-15-22-8-13(26-15)16(17,18)24-4-2-3-11(9-24)5-14-20-6-12(19)7-21-14/h6-8,11H,2-5,9H2,1H3,(H,22,23,25)/t11-/m1/s1. The molecule has 0 spiro atoms. The molecular formula is C16H18B2FN5OS. The number of carbonyl (C=O) groups excluding carboxylic acids is 1. The Bertz CT molecular complexity index is 770. The maximum atomic E-state index is 13.0. The third kappa shape index (κ3) is 4.48. The zero-order valence-corrected chi connectivity index (χ0v) is 15.3. The molecule has 1 N–H and O–H groups in total. The van der Waals surface area contributed by atoms with Crippen LogP contribution >= 0.6 is 11.3 Å². The minimum Gasteiger partial charge on any atom is -0.309 e. The largest absolute Gasteiger partial charge is 0.309 e. The van der Waals surface area contributed by atoms with Gasteiger partial charge in [-0.15, -0.1) is 11.3 Å². The van der Waals surface area contributed by atoms with Gasteiger partial charge >= 0.3 is 0 Å². The number of likely N-dealkylation sites (tertiary alicyclic amines) is 1. The Balaban J connectivity index is 1.68. The minimum absolute atomic E-state index is 0.192. The van der Waals surface area contributed by atoms with Crippen LogP contribution in [0.5, 0.6) is 0 Å². The van der Waals surface area contributed by atoms with Gasteiger partial charge in [-0.2, -0.15) is 0 Å². The Hall–Kier alpha value is -1.80. The molecule has 1 aliphatic heterocycles. The summed E-state index contributed by atoms with van der Waals surface area (Å²) < 4.78 is 13.0. The lowest BCUT2D eigenvalue weighted by atomic mass is 9.59. The average Bonchev–Trinajstić information content (AvgIpc) is 3.06. The van der Waals surface area contributed by atoms with E-state index in [1.165, 1.54) is 30.7 Å². The number of anilines is 1. The lowest BCUT2D eigenvalue weighted by molar-refractivity contribution is -0.114. The van der Waals surface area contributed by atoms with Gasteiger partial charge in [-0.1, -0.05) is 0 Å². The number of hydrogen-bond donors (Lipinski definition) is 1. The molecular weight excluding hydrogens is 351 g/mol. The van der Waals surface area contributed by atoms with Crippen molar-refractivity contribution in [3.63, 3.8) is 0 Å². The van der Waals surface area contributed by atoms with Gasteiger partial charge < -0.3 is 10.2 Å². The average molecular weight is 369 g/mol. The number of amides is 1. The van der Waals surface area contributed by atoms with Crippen LogP contribution in [0.3, 0.4) is 0 Å². The van der Waals surface area contributed by atoms with Gasteiger partial charge in [0.1, 0.15) is 5.82 Å². The van der Waals surface area contributed by atoms with Crippen LogP contribution < -0.4 is 5.32 Å². The molecule has 1 aliphatic rings. The molecule has 2 aromatic heterocycles. The van der Waals surface area contributed by atoms with Crippen LogP contribution in [0.4, 0.5) is 9.52 Å². The Morgan fingerprint density at radius 2 is 2.12 bits per heavy atom. The van der Waals surface area contributed by atoms with Crippen LogP contribution in [0.25, 0.3) is 0 Å². The Morgan fingerprint density at radius 1 is 1.38 bits per heavy atom. The summed E-state index contributed by atoms with van der Waals surface area (Å²) >= 11 is 1.27. The van der Waals surface area contributed by atoms with E-state index in [4.69, 9.17) is 15.7 Å². The van der Waals surface area contributed by atoms with Crippen LogP contribution in [-0.2, 0) is 16.6 Å². The molecule has 0 bridgehead atoms. The monoisotopic (exact) mass is 369 g/mol. The van der Waals surface area contributed by atoms with Crippen molar-refractivity contribution in [3.05, 3.63) is 35.1 Å². The smallest absolute Gasteiger partial charge is 0.223 e. The summed E-state index contributed by atoms with van der Waals surface area (Å²) in [4.78, 5) is 26.1. The Kier molecular flexibility index (Phi) is 5.72. The molecule has 0 aromatic carbocycles. The number of halogens is 1. The molecule has 1 amide bonds. The number of aromatic nitrogens is 3. The molecule has 10 heteroatoms. The molecule has 4 radical (unpaired) electrons. The van der Waals surface area contributed by atoms with Crippen molar-refractivity contribution in [2.24, 2.45) is 5.92 Å². The number of nitrogens with zero attached hydrogens (tertiary/aromatic N) is 4. The summed E-state index contributed by atoms with van der Waals surface area (Å²) in [5, 5.41) is 1.94. The third-order valence-electron chi connectivity index (χ3n) is 4.37. The zero-order valence-electron chi connectivity index (χ0n) is 14.5. The molecule has 0 saturated carbocycles. The van der Waals surface area contributed by atoms with Crippen LogP contribution in [0.15, 0.2) is 18.6 Å². The van der Waals surface area contributed by atoms with Crippen molar-refractivity contribution in [2.45, 2.75) is 31.5 Å². The van der Waals surface area contributed by atoms with Crippen molar-refractivity contribution < 1.29 is 9.18 Å². The summed E-state index contributed by atoms with van der Waals surface area (Å²) in [5.41, 5.74) is 0. The van der Waals surface area contributed by atoms with Gasteiger partial charge in [0.25, 0.3) is 0 Å². The highest BCUT2D eigenvalue weighted by Crippen LogP contribution is 2.33. The molecule has 3 heterocycles. The molecule has 26 heavy (non-hydrogen) atoms. The fourth-order valence-corrected chi connectivity index (χ4v) is 4.00. The van der Waals surface area contributed by atoms with Crippen molar-refractivity contribution in [3.8, 4) is 0 Å². The highest BCUT2D eigenvalue weighted by Gasteiger charge is 2.33. The summed E-state index contributed by atoms with van der Waals surface area (Å²) in [7, 11) is 12.8. The lowest BCUT2D eigenvalue weighted by Crippen LogP contribution is -2.51. The van der Waals surface area contributed by atoms with Gasteiger partial charge in [0, 0.05) is 31.0 Å². The molecule has 0 unspecified atom stereocenters. The number of nitrogens with one attached hydrogen (secondary N) is 1. The summed E-state index contributed by atoms with van der Waals surface area (Å²) in [6.07, 6.45) is 6.56. The zero-order chi connectivity index (χ0) is 18.7. The third-order valence-corrected chi connectivity index (χ3v) is 5.42. The number of rotatable bonds is 5. The molecule has 1 fully saturated rings. The Morgan fingerprint density at radius 3 is 2.81 bits per heavy atom. The molecule has 0 aliphatic carbocycles. The predicted molar refractivity (Wildman–Crippen MR) is 99.6 cm³/mol. The molecule has 132 valence electrons. The van der Waals surface area contributed by atoms with Gasteiger partial charge in [0.2, 0.25) is 5.91 Å². The number of hydrogen-bond acceptors (Lipinski definition) is 6. The van der Waals surface area contributed by atoms with Crippen molar-refractivity contribution in [1.29, 1.82) is 0 Å². The van der Waals surface area contributed by atoms with Crippen LogP contribution in [-0.4, -0.2) is 54.5 Å². The first kappa shape index (κ1) is 19.0. The summed E-state index contributed by atoms with van der Waals surface area (Å²) in [6, 6.07) is 0. The molecule has 1 atom stereocenters. The van der Waals surface area contributed by atoms with E-state index in [1.807, 2.05) is 4.90 Å². The molecule has 2 aromatic rings. The topological polar surface area (TPSA) is 71.0 Å². The van der Waals surface area contributed by atoms with E-state index in [0.717, 1.165) is 19.4 Å². The summed E-state index contributed by atoms with van der Waals surface area (Å²) in [5.74, 6) is 0.261. The second kappa shape index (κ2) is 7.84. The van der Waals surface area contributed by atoms with Crippen LogP contribution in [0, 0.1) is 11.7 Å². The van der Waals surface area contributed by atoms with E-state index in [2.05, 4.69) is 20.3 Å². The van der Waals surface area contributed by atoms with Gasteiger partial charge in [0.15, 0.2) is 10.9 Å². The van der Waals surface area contributed by atoms with Gasteiger partial charge in [0.05, 0.1) is 28.1 Å².